The Hall–Kier alpha value is -3.40. The van der Waals surface area contributed by atoms with E-state index in [9.17, 15) is 22.8 Å². The first-order valence-electron chi connectivity index (χ1n) is 11.0. The number of aliphatic carboxylic acids is 1. The minimum absolute atomic E-state index is 0.0877. The van der Waals surface area contributed by atoms with E-state index in [1.807, 2.05) is 48.5 Å². The average Bonchev–Trinajstić information content (AvgIpc) is 3.10. The molecule has 2 atom stereocenters. The number of fused-ring (bicyclic) bond motifs is 3. The number of carboxylic acids is 1. The number of nitrogens with one attached hydrogen (secondary N) is 1. The first kappa shape index (κ1) is 23.7. The fourth-order valence-corrected chi connectivity index (χ4v) is 6.20. The molecule has 0 bridgehead atoms. The van der Waals surface area contributed by atoms with Crippen molar-refractivity contribution in [3.63, 3.8) is 0 Å². The quantitative estimate of drug-likeness (QED) is 0.639. The molecule has 180 valence electrons. The molecule has 9 nitrogen and oxygen atoms in total. The van der Waals surface area contributed by atoms with E-state index in [-0.39, 0.29) is 24.8 Å². The second kappa shape index (κ2) is 9.46. The van der Waals surface area contributed by atoms with Crippen LogP contribution in [0.3, 0.4) is 0 Å². The molecule has 1 aliphatic heterocycles. The van der Waals surface area contributed by atoms with Crippen LogP contribution >= 0.6 is 0 Å². The number of carbonyl (C=O) groups excluding carboxylic acids is 2. The van der Waals surface area contributed by atoms with Crippen LogP contribution in [0.15, 0.2) is 48.5 Å². The summed E-state index contributed by atoms with van der Waals surface area (Å²) in [6.07, 6.45) is -1.26. The highest BCUT2D eigenvalue weighted by atomic mass is 32.2. The zero-order chi connectivity index (χ0) is 24.5. The lowest BCUT2D eigenvalue weighted by atomic mass is 9.98. The van der Waals surface area contributed by atoms with Gasteiger partial charge in [0.25, 0.3) is 0 Å². The maximum atomic E-state index is 12.9. The zero-order valence-corrected chi connectivity index (χ0v) is 19.5. The van der Waals surface area contributed by atoms with Gasteiger partial charge in [-0.25, -0.2) is 13.2 Å². The topological polar surface area (TPSA) is 130 Å². The van der Waals surface area contributed by atoms with Crippen molar-refractivity contribution in [2.45, 2.75) is 31.3 Å². The Kier molecular flexibility index (Phi) is 6.60. The summed E-state index contributed by atoms with van der Waals surface area (Å²) in [5.41, 5.74) is 4.32. The van der Waals surface area contributed by atoms with Gasteiger partial charge in [0.15, 0.2) is 9.84 Å². The van der Waals surface area contributed by atoms with Crippen LogP contribution in [0, 0.1) is 0 Å². The summed E-state index contributed by atoms with van der Waals surface area (Å²) in [7, 11) is -3.43. The SMILES string of the molecule is C[C@@H](NC(=O)OCC1c2ccccc2-c2ccccc21)C(=O)N1CCS(=O)(=O)CC1CC(=O)O. The van der Waals surface area contributed by atoms with E-state index in [1.54, 1.807) is 0 Å². The number of ether oxygens (including phenoxy) is 1. The number of nitrogens with zero attached hydrogens (tertiary/aromatic N) is 1. The highest BCUT2D eigenvalue weighted by Crippen LogP contribution is 2.44. The monoisotopic (exact) mass is 486 g/mol. The average molecular weight is 487 g/mol. The number of sulfone groups is 1. The second-order valence-corrected chi connectivity index (χ2v) is 10.8. The summed E-state index contributed by atoms with van der Waals surface area (Å²) in [6.45, 7) is 1.44. The number of alkyl carbamates (subject to hydrolysis) is 1. The lowest BCUT2D eigenvalue weighted by molar-refractivity contribution is -0.141. The first-order valence-corrected chi connectivity index (χ1v) is 12.8. The molecule has 0 radical (unpaired) electrons. The van der Waals surface area contributed by atoms with Crippen molar-refractivity contribution in [2.75, 3.05) is 24.7 Å². The van der Waals surface area contributed by atoms with Crippen molar-refractivity contribution in [1.29, 1.82) is 0 Å². The van der Waals surface area contributed by atoms with Crippen LogP contribution in [-0.4, -0.2) is 73.1 Å². The summed E-state index contributed by atoms with van der Waals surface area (Å²) in [5, 5.41) is 11.6. The van der Waals surface area contributed by atoms with E-state index in [4.69, 9.17) is 9.84 Å². The van der Waals surface area contributed by atoms with Crippen LogP contribution < -0.4 is 5.32 Å². The Bertz CT molecular complexity index is 1180. The molecule has 10 heteroatoms. The van der Waals surface area contributed by atoms with Gasteiger partial charge in [-0.1, -0.05) is 48.5 Å². The number of rotatable bonds is 6. The van der Waals surface area contributed by atoms with Crippen LogP contribution in [0.25, 0.3) is 11.1 Å². The van der Waals surface area contributed by atoms with E-state index < -0.39 is 52.1 Å². The molecule has 1 saturated heterocycles. The van der Waals surface area contributed by atoms with Crippen molar-refractivity contribution in [3.8, 4) is 11.1 Å². The molecule has 1 unspecified atom stereocenters. The highest BCUT2D eigenvalue weighted by molar-refractivity contribution is 7.91. The Balaban J connectivity index is 1.39. The largest absolute Gasteiger partial charge is 0.481 e. The van der Waals surface area contributed by atoms with Gasteiger partial charge in [0.1, 0.15) is 12.6 Å². The smallest absolute Gasteiger partial charge is 0.407 e. The number of amides is 2. The third-order valence-corrected chi connectivity index (χ3v) is 7.97. The fraction of sp³-hybridized carbons (Fsp3) is 0.375. The van der Waals surface area contributed by atoms with Gasteiger partial charge in [-0.2, -0.15) is 0 Å². The lowest BCUT2D eigenvalue weighted by Gasteiger charge is -2.36. The molecule has 2 amide bonds. The van der Waals surface area contributed by atoms with E-state index in [0.717, 1.165) is 22.3 Å². The Morgan fingerprint density at radius 3 is 2.26 bits per heavy atom. The fourth-order valence-electron chi connectivity index (χ4n) is 4.67. The summed E-state index contributed by atoms with van der Waals surface area (Å²) >= 11 is 0. The van der Waals surface area contributed by atoms with Gasteiger partial charge in [0.2, 0.25) is 5.91 Å². The van der Waals surface area contributed by atoms with Gasteiger partial charge in [-0.3, -0.25) is 9.59 Å². The highest BCUT2D eigenvalue weighted by Gasteiger charge is 2.37. The van der Waals surface area contributed by atoms with Crippen molar-refractivity contribution < 1.29 is 32.6 Å². The van der Waals surface area contributed by atoms with Gasteiger partial charge in [0, 0.05) is 12.5 Å². The number of benzene rings is 2. The van der Waals surface area contributed by atoms with Crippen LogP contribution in [0.4, 0.5) is 4.79 Å². The molecule has 0 spiro atoms. The molecule has 4 rings (SSSR count). The van der Waals surface area contributed by atoms with E-state index in [1.165, 1.54) is 11.8 Å². The Morgan fingerprint density at radius 1 is 1.09 bits per heavy atom. The maximum Gasteiger partial charge on any atom is 0.407 e. The normalized spacial score (nSPS) is 19.6. The molecule has 2 N–H and O–H groups in total. The minimum atomic E-state index is -3.43. The van der Waals surface area contributed by atoms with Crippen LogP contribution in [0.5, 0.6) is 0 Å². The zero-order valence-electron chi connectivity index (χ0n) is 18.6. The Morgan fingerprint density at radius 2 is 1.68 bits per heavy atom. The third kappa shape index (κ3) is 4.91. The van der Waals surface area contributed by atoms with E-state index >= 15 is 0 Å². The van der Waals surface area contributed by atoms with Crippen LogP contribution in [0.2, 0.25) is 0 Å². The molecule has 0 saturated carbocycles. The lowest BCUT2D eigenvalue weighted by Crippen LogP contribution is -2.57. The van der Waals surface area contributed by atoms with Crippen molar-refractivity contribution >= 4 is 27.8 Å². The molecular formula is C24H26N2O7S. The van der Waals surface area contributed by atoms with Gasteiger partial charge >= 0.3 is 12.1 Å². The van der Waals surface area contributed by atoms with Gasteiger partial charge in [-0.15, -0.1) is 0 Å². The number of hydrogen-bond acceptors (Lipinski definition) is 6. The number of carboxylic acid groups (broad SMARTS) is 1. The molecule has 1 fully saturated rings. The number of carbonyl (C=O) groups is 3. The Labute approximate surface area is 197 Å². The molecule has 1 heterocycles. The molecule has 0 aromatic heterocycles. The molecule has 2 aromatic rings. The summed E-state index contributed by atoms with van der Waals surface area (Å²) in [6, 6.07) is 13.9. The molecule has 2 aromatic carbocycles. The van der Waals surface area contributed by atoms with Crippen molar-refractivity contribution in [3.05, 3.63) is 59.7 Å². The predicted octanol–water partition coefficient (Wildman–Crippen LogP) is 2.01. The van der Waals surface area contributed by atoms with Crippen LogP contribution in [0.1, 0.15) is 30.4 Å². The first-order chi connectivity index (χ1) is 16.2. The van der Waals surface area contributed by atoms with Gasteiger partial charge in [-0.05, 0) is 29.2 Å². The maximum absolute atomic E-state index is 12.9. The summed E-state index contributed by atoms with van der Waals surface area (Å²) in [4.78, 5) is 37.8. The van der Waals surface area contributed by atoms with Crippen molar-refractivity contribution in [2.24, 2.45) is 0 Å². The number of hydrogen-bond donors (Lipinski definition) is 2. The summed E-state index contributed by atoms with van der Waals surface area (Å²) in [5.74, 6) is -2.53. The summed E-state index contributed by atoms with van der Waals surface area (Å²) < 4.78 is 29.3. The molecular weight excluding hydrogens is 460 g/mol. The molecule has 34 heavy (non-hydrogen) atoms. The predicted molar refractivity (Wildman–Crippen MR) is 124 cm³/mol. The minimum Gasteiger partial charge on any atom is -0.481 e. The van der Waals surface area contributed by atoms with Gasteiger partial charge < -0.3 is 20.1 Å². The standard InChI is InChI=1S/C24H26N2O7S/c1-15(23(29)26-10-11-34(31,32)14-16(26)12-22(27)28)25-24(30)33-13-21-19-8-4-2-6-17(19)18-7-3-5-9-20(18)21/h2-9,15-16,21H,10-14H2,1H3,(H,25,30)(H,27,28)/t15-,16?/m1/s1. The van der Waals surface area contributed by atoms with Gasteiger partial charge in [0.05, 0.1) is 24.0 Å². The van der Waals surface area contributed by atoms with E-state index in [2.05, 4.69) is 5.32 Å². The molecule has 1 aliphatic carbocycles. The van der Waals surface area contributed by atoms with Crippen LogP contribution in [-0.2, 0) is 24.2 Å². The third-order valence-electron chi connectivity index (χ3n) is 6.27. The van der Waals surface area contributed by atoms with E-state index in [0.29, 0.717) is 0 Å². The molecule has 2 aliphatic rings. The second-order valence-electron chi connectivity index (χ2n) is 8.59. The van der Waals surface area contributed by atoms with Crippen molar-refractivity contribution in [1.82, 2.24) is 10.2 Å².